The number of pyridine rings is 1. The van der Waals surface area contributed by atoms with Crippen molar-refractivity contribution < 1.29 is 31.8 Å². The number of ether oxygens (including phenoxy) is 3. The largest absolute Gasteiger partial charge is 0.468 e. The Hall–Kier alpha value is -2.76. The molecule has 0 saturated heterocycles. The highest BCUT2D eigenvalue weighted by atomic mass is 32.2. The Kier molecular flexibility index (Phi) is 8.45. The number of hydrogen-bond acceptors (Lipinski definition) is 7. The van der Waals surface area contributed by atoms with E-state index in [1.165, 1.54) is 23.5 Å². The number of nitrogens with one attached hydrogen (secondary N) is 1. The number of aromatic nitrogens is 1. The zero-order chi connectivity index (χ0) is 24.9. The number of aryl methyl sites for hydroxylation is 1. The molecule has 0 radical (unpaired) electrons. The Labute approximate surface area is 199 Å². The summed E-state index contributed by atoms with van der Waals surface area (Å²) in [6, 6.07) is 7.44. The van der Waals surface area contributed by atoms with E-state index in [9.17, 15) is 17.6 Å². The highest BCUT2D eigenvalue weighted by molar-refractivity contribution is 7.92. The fourth-order valence-electron chi connectivity index (χ4n) is 3.86. The van der Waals surface area contributed by atoms with Crippen molar-refractivity contribution in [3.8, 4) is 5.88 Å². The number of methoxy groups -OCH3 is 1. The minimum atomic E-state index is -3.65. The molecule has 2 unspecified atom stereocenters. The van der Waals surface area contributed by atoms with Crippen molar-refractivity contribution in [2.45, 2.75) is 25.4 Å². The SMILES string of the molecule is CNC(=O)C1c2cc(C)c(N(CCCOCCOC)S(C)(=O)=O)nc2OC1c1ccc(F)cc1. The van der Waals surface area contributed by atoms with Crippen LogP contribution < -0.4 is 14.4 Å². The fourth-order valence-corrected chi connectivity index (χ4v) is 4.82. The molecule has 9 nitrogen and oxygen atoms in total. The van der Waals surface area contributed by atoms with Crippen molar-refractivity contribution in [1.29, 1.82) is 0 Å². The summed E-state index contributed by atoms with van der Waals surface area (Å²) in [6.45, 7) is 3.15. The lowest BCUT2D eigenvalue weighted by Crippen LogP contribution is -2.33. The second-order valence-corrected chi connectivity index (χ2v) is 9.91. The van der Waals surface area contributed by atoms with E-state index in [1.807, 2.05) is 0 Å². The van der Waals surface area contributed by atoms with Crippen LogP contribution in [0.1, 0.15) is 35.1 Å². The van der Waals surface area contributed by atoms with Crippen molar-refractivity contribution in [3.05, 3.63) is 52.8 Å². The van der Waals surface area contributed by atoms with Crippen LogP contribution in [-0.2, 0) is 24.3 Å². The number of hydrogen-bond donors (Lipinski definition) is 1. The summed E-state index contributed by atoms with van der Waals surface area (Å²) in [7, 11) is -0.544. The Bertz CT molecular complexity index is 1110. The summed E-state index contributed by atoms with van der Waals surface area (Å²) in [5, 5.41) is 2.64. The van der Waals surface area contributed by atoms with Gasteiger partial charge < -0.3 is 19.5 Å². The third kappa shape index (κ3) is 5.83. The first kappa shape index (κ1) is 25.9. The van der Waals surface area contributed by atoms with Gasteiger partial charge in [0.2, 0.25) is 21.8 Å². The highest BCUT2D eigenvalue weighted by Crippen LogP contribution is 2.46. The number of sulfonamides is 1. The van der Waals surface area contributed by atoms with E-state index in [1.54, 1.807) is 32.2 Å². The van der Waals surface area contributed by atoms with Crippen LogP contribution in [0, 0.1) is 12.7 Å². The van der Waals surface area contributed by atoms with E-state index >= 15 is 0 Å². The van der Waals surface area contributed by atoms with Crippen molar-refractivity contribution in [2.24, 2.45) is 0 Å². The Morgan fingerprint density at radius 1 is 1.24 bits per heavy atom. The summed E-state index contributed by atoms with van der Waals surface area (Å²) in [6.07, 6.45) is 0.843. The monoisotopic (exact) mass is 495 g/mol. The van der Waals surface area contributed by atoms with E-state index in [0.29, 0.717) is 42.9 Å². The number of rotatable bonds is 11. The first-order chi connectivity index (χ1) is 16.2. The zero-order valence-electron chi connectivity index (χ0n) is 19.7. The Balaban J connectivity index is 1.92. The van der Waals surface area contributed by atoms with E-state index < -0.39 is 27.9 Å². The lowest BCUT2D eigenvalue weighted by molar-refractivity contribution is -0.123. The molecule has 1 aliphatic heterocycles. The van der Waals surface area contributed by atoms with Gasteiger partial charge in [0.25, 0.3) is 0 Å². The van der Waals surface area contributed by atoms with Crippen LogP contribution in [-0.4, -0.2) is 66.1 Å². The molecule has 1 aromatic carbocycles. The summed E-state index contributed by atoms with van der Waals surface area (Å²) in [4.78, 5) is 17.3. The van der Waals surface area contributed by atoms with Gasteiger partial charge in [0.15, 0.2) is 0 Å². The van der Waals surface area contributed by atoms with Gasteiger partial charge in [-0.1, -0.05) is 12.1 Å². The third-order valence-corrected chi connectivity index (χ3v) is 6.66. The molecule has 0 bridgehead atoms. The van der Waals surface area contributed by atoms with Gasteiger partial charge in [0, 0.05) is 32.9 Å². The van der Waals surface area contributed by atoms with E-state index in [2.05, 4.69) is 10.3 Å². The van der Waals surface area contributed by atoms with Gasteiger partial charge >= 0.3 is 0 Å². The minimum Gasteiger partial charge on any atom is -0.468 e. The molecule has 2 atom stereocenters. The maximum Gasteiger partial charge on any atom is 0.233 e. The number of amides is 1. The number of halogens is 1. The number of likely N-dealkylation sites (N-methyl/N-ethyl adjacent to an activating group) is 1. The highest BCUT2D eigenvalue weighted by Gasteiger charge is 2.42. The van der Waals surface area contributed by atoms with Gasteiger partial charge in [0.1, 0.15) is 23.7 Å². The van der Waals surface area contributed by atoms with E-state index in [-0.39, 0.29) is 24.1 Å². The first-order valence-electron chi connectivity index (χ1n) is 10.9. The fraction of sp³-hybridized carbons (Fsp3) is 0.478. The number of nitrogens with zero attached hydrogens (tertiary/aromatic N) is 2. The summed E-state index contributed by atoms with van der Waals surface area (Å²) in [5.74, 6) is -0.995. The number of benzene rings is 1. The topological polar surface area (TPSA) is 107 Å². The van der Waals surface area contributed by atoms with Gasteiger partial charge in [0.05, 0.1) is 19.5 Å². The summed E-state index contributed by atoms with van der Waals surface area (Å²) < 4.78 is 56.2. The smallest absolute Gasteiger partial charge is 0.233 e. The van der Waals surface area contributed by atoms with Crippen molar-refractivity contribution in [3.63, 3.8) is 0 Å². The first-order valence-corrected chi connectivity index (χ1v) is 12.7. The Morgan fingerprint density at radius 3 is 2.56 bits per heavy atom. The summed E-state index contributed by atoms with van der Waals surface area (Å²) >= 11 is 0. The van der Waals surface area contributed by atoms with Crippen LogP contribution in [0.15, 0.2) is 30.3 Å². The van der Waals surface area contributed by atoms with Crippen molar-refractivity contribution >= 4 is 21.7 Å². The van der Waals surface area contributed by atoms with E-state index in [4.69, 9.17) is 14.2 Å². The molecule has 2 heterocycles. The van der Waals surface area contributed by atoms with Gasteiger partial charge in [-0.25, -0.2) is 12.8 Å². The molecule has 1 N–H and O–H groups in total. The molecule has 0 saturated carbocycles. The van der Waals surface area contributed by atoms with Crippen LogP contribution in [0.2, 0.25) is 0 Å². The predicted molar refractivity (Wildman–Crippen MR) is 125 cm³/mol. The maximum absolute atomic E-state index is 13.4. The van der Waals surface area contributed by atoms with Gasteiger partial charge in [-0.3, -0.25) is 9.10 Å². The van der Waals surface area contributed by atoms with Crippen LogP contribution in [0.4, 0.5) is 10.2 Å². The molecular formula is C23H30FN3O6S. The maximum atomic E-state index is 13.4. The molecule has 2 aromatic rings. The molecule has 11 heteroatoms. The number of anilines is 1. The average Bonchev–Trinajstić information content (AvgIpc) is 3.15. The second kappa shape index (κ2) is 11.1. The predicted octanol–water partition coefficient (Wildman–Crippen LogP) is 2.31. The van der Waals surface area contributed by atoms with Gasteiger partial charge in [-0.2, -0.15) is 4.98 Å². The number of carbonyl (C=O) groups excluding carboxylic acids is 1. The molecule has 0 fully saturated rings. The molecule has 1 amide bonds. The molecule has 3 rings (SSSR count). The molecule has 186 valence electrons. The lowest BCUT2D eigenvalue weighted by Gasteiger charge is -2.23. The molecule has 1 aliphatic rings. The summed E-state index contributed by atoms with van der Waals surface area (Å²) in [5.41, 5.74) is 1.74. The number of fused-ring (bicyclic) bond motifs is 1. The molecule has 34 heavy (non-hydrogen) atoms. The van der Waals surface area contributed by atoms with Crippen LogP contribution in [0.5, 0.6) is 5.88 Å². The third-order valence-electron chi connectivity index (χ3n) is 5.50. The van der Waals surface area contributed by atoms with Gasteiger partial charge in [-0.15, -0.1) is 0 Å². The Morgan fingerprint density at radius 2 is 1.94 bits per heavy atom. The molecular weight excluding hydrogens is 465 g/mol. The van der Waals surface area contributed by atoms with Crippen LogP contribution in [0.25, 0.3) is 0 Å². The molecule has 1 aromatic heterocycles. The van der Waals surface area contributed by atoms with Crippen LogP contribution >= 0.6 is 0 Å². The van der Waals surface area contributed by atoms with Gasteiger partial charge in [-0.05, 0) is 42.7 Å². The molecule has 0 spiro atoms. The average molecular weight is 496 g/mol. The van der Waals surface area contributed by atoms with Crippen molar-refractivity contribution in [1.82, 2.24) is 10.3 Å². The minimum absolute atomic E-state index is 0.165. The zero-order valence-corrected chi connectivity index (χ0v) is 20.5. The molecule has 0 aliphatic carbocycles. The normalized spacial score (nSPS) is 17.2. The van der Waals surface area contributed by atoms with E-state index in [0.717, 1.165) is 6.26 Å². The van der Waals surface area contributed by atoms with Crippen molar-refractivity contribution in [2.75, 3.05) is 51.1 Å². The van der Waals surface area contributed by atoms with Crippen LogP contribution in [0.3, 0.4) is 0 Å². The quantitative estimate of drug-likeness (QED) is 0.477. The standard InChI is InChI=1S/C23H30FN3O6S/c1-15-14-18-19(22(28)25-2)20(16-6-8-17(24)9-7-16)33-23(18)26-21(15)27(34(4,29)30)10-5-11-32-13-12-31-3/h6-9,14,19-20H,5,10-13H2,1-4H3,(H,25,28). The lowest BCUT2D eigenvalue weighted by atomic mass is 9.90. The second-order valence-electron chi connectivity index (χ2n) is 8.00. The number of carbonyl (C=O) groups is 1.